The zero-order valence-corrected chi connectivity index (χ0v) is 11.1. The van der Waals surface area contributed by atoms with Crippen molar-refractivity contribution in [3.63, 3.8) is 0 Å². The topological polar surface area (TPSA) is 32.3 Å². The van der Waals surface area contributed by atoms with Gasteiger partial charge in [-0.25, -0.2) is 0 Å². The number of amides is 1. The molecule has 3 heteroatoms. The van der Waals surface area contributed by atoms with Gasteiger partial charge >= 0.3 is 0 Å². The standard InChI is InChI=1S/C15H20N2O/c1-10-3-5-14(8-15(10)16-11(2)18)17-9-12-4-6-13(17)7-12/h3,5,8,12-13H,4,6-7,9H2,1-2H3,(H,16,18). The molecule has 0 radical (unpaired) electrons. The Morgan fingerprint density at radius 2 is 2.22 bits per heavy atom. The van der Waals surface area contributed by atoms with Crippen LogP contribution in [-0.2, 0) is 4.79 Å². The normalized spacial score (nSPS) is 25.6. The highest BCUT2D eigenvalue weighted by Crippen LogP contribution is 2.40. The number of carbonyl (C=O) groups excluding carboxylic acids is 1. The molecule has 1 aliphatic heterocycles. The van der Waals surface area contributed by atoms with Crippen LogP contribution in [0, 0.1) is 12.8 Å². The van der Waals surface area contributed by atoms with Crippen molar-refractivity contribution in [2.24, 2.45) is 5.92 Å². The van der Waals surface area contributed by atoms with Crippen molar-refractivity contribution in [1.82, 2.24) is 0 Å². The van der Waals surface area contributed by atoms with Crippen LogP contribution in [0.2, 0.25) is 0 Å². The number of nitrogens with one attached hydrogen (secondary N) is 1. The van der Waals surface area contributed by atoms with Crippen molar-refractivity contribution < 1.29 is 4.79 Å². The first kappa shape index (κ1) is 11.6. The number of carbonyl (C=O) groups is 1. The van der Waals surface area contributed by atoms with E-state index in [-0.39, 0.29) is 5.91 Å². The van der Waals surface area contributed by atoms with Gasteiger partial charge in [-0.15, -0.1) is 0 Å². The molecule has 1 saturated carbocycles. The van der Waals surface area contributed by atoms with Crippen LogP contribution < -0.4 is 10.2 Å². The first-order valence-electron chi connectivity index (χ1n) is 6.78. The van der Waals surface area contributed by atoms with E-state index in [1.54, 1.807) is 6.92 Å². The summed E-state index contributed by atoms with van der Waals surface area (Å²) in [5.74, 6) is 0.888. The summed E-state index contributed by atoms with van der Waals surface area (Å²) in [6, 6.07) is 7.13. The molecule has 1 amide bonds. The van der Waals surface area contributed by atoms with Gasteiger partial charge in [-0.2, -0.15) is 0 Å². The van der Waals surface area contributed by atoms with Gasteiger partial charge in [-0.3, -0.25) is 4.79 Å². The predicted octanol–water partition coefficient (Wildman–Crippen LogP) is 2.94. The van der Waals surface area contributed by atoms with Crippen LogP contribution in [0.4, 0.5) is 11.4 Å². The monoisotopic (exact) mass is 244 g/mol. The minimum atomic E-state index is -0.00167. The number of anilines is 2. The maximum Gasteiger partial charge on any atom is 0.221 e. The minimum Gasteiger partial charge on any atom is -0.368 e. The van der Waals surface area contributed by atoms with Crippen LogP contribution in [0.3, 0.4) is 0 Å². The Bertz CT molecular complexity index is 483. The summed E-state index contributed by atoms with van der Waals surface area (Å²) in [4.78, 5) is 13.7. The number of piperidine rings is 1. The molecular weight excluding hydrogens is 224 g/mol. The number of aryl methyl sites for hydroxylation is 1. The molecule has 2 unspecified atom stereocenters. The molecule has 1 N–H and O–H groups in total. The summed E-state index contributed by atoms with van der Waals surface area (Å²) < 4.78 is 0. The van der Waals surface area contributed by atoms with Crippen molar-refractivity contribution in [2.75, 3.05) is 16.8 Å². The number of benzene rings is 1. The van der Waals surface area contributed by atoms with Gasteiger partial charge in [-0.05, 0) is 49.8 Å². The molecule has 2 atom stereocenters. The Kier molecular flexibility index (Phi) is 2.77. The predicted molar refractivity (Wildman–Crippen MR) is 74.0 cm³/mol. The number of fused-ring (bicyclic) bond motifs is 2. The van der Waals surface area contributed by atoms with E-state index in [0.29, 0.717) is 0 Å². The Labute approximate surface area is 108 Å². The molecule has 0 spiro atoms. The molecule has 2 aliphatic rings. The number of hydrogen-bond donors (Lipinski definition) is 1. The third kappa shape index (κ3) is 1.98. The summed E-state index contributed by atoms with van der Waals surface area (Å²) in [7, 11) is 0. The zero-order chi connectivity index (χ0) is 12.7. The highest BCUT2D eigenvalue weighted by Gasteiger charge is 2.37. The van der Waals surface area contributed by atoms with Crippen molar-refractivity contribution in [3.05, 3.63) is 23.8 Å². The van der Waals surface area contributed by atoms with Crippen LogP contribution >= 0.6 is 0 Å². The summed E-state index contributed by atoms with van der Waals surface area (Å²) in [6.07, 6.45) is 4.07. The van der Waals surface area contributed by atoms with Gasteiger partial charge in [0.05, 0.1) is 0 Å². The first-order valence-corrected chi connectivity index (χ1v) is 6.78. The van der Waals surface area contributed by atoms with Gasteiger partial charge < -0.3 is 10.2 Å². The average molecular weight is 244 g/mol. The van der Waals surface area contributed by atoms with E-state index in [1.807, 2.05) is 6.92 Å². The number of hydrogen-bond acceptors (Lipinski definition) is 2. The van der Waals surface area contributed by atoms with Crippen molar-refractivity contribution in [1.29, 1.82) is 0 Å². The average Bonchev–Trinajstić information content (AvgIpc) is 2.93. The van der Waals surface area contributed by atoms with Gasteiger partial charge in [0, 0.05) is 30.9 Å². The van der Waals surface area contributed by atoms with Crippen LogP contribution in [-0.4, -0.2) is 18.5 Å². The van der Waals surface area contributed by atoms with E-state index < -0.39 is 0 Å². The van der Waals surface area contributed by atoms with E-state index in [2.05, 4.69) is 28.4 Å². The molecule has 1 aromatic carbocycles. The molecule has 1 heterocycles. The zero-order valence-electron chi connectivity index (χ0n) is 11.1. The van der Waals surface area contributed by atoms with Crippen LogP contribution in [0.5, 0.6) is 0 Å². The second kappa shape index (κ2) is 4.30. The van der Waals surface area contributed by atoms with Crippen molar-refractivity contribution in [3.8, 4) is 0 Å². The highest BCUT2D eigenvalue weighted by atomic mass is 16.1. The molecule has 2 bridgehead atoms. The van der Waals surface area contributed by atoms with Crippen LogP contribution in [0.1, 0.15) is 31.7 Å². The number of rotatable bonds is 2. The minimum absolute atomic E-state index is 0.00167. The SMILES string of the molecule is CC(=O)Nc1cc(N2CC3CCC2C3)ccc1C. The van der Waals surface area contributed by atoms with E-state index in [4.69, 9.17) is 0 Å². The fourth-order valence-corrected chi connectivity index (χ4v) is 3.35. The summed E-state index contributed by atoms with van der Waals surface area (Å²) >= 11 is 0. The first-order chi connectivity index (χ1) is 8.63. The fourth-order valence-electron chi connectivity index (χ4n) is 3.35. The van der Waals surface area contributed by atoms with E-state index in [0.717, 1.165) is 23.2 Å². The van der Waals surface area contributed by atoms with Gasteiger partial charge in [0.25, 0.3) is 0 Å². The Balaban J connectivity index is 1.86. The van der Waals surface area contributed by atoms with E-state index in [1.165, 1.54) is 31.5 Å². The summed E-state index contributed by atoms with van der Waals surface area (Å²) in [6.45, 7) is 4.78. The van der Waals surface area contributed by atoms with E-state index >= 15 is 0 Å². The summed E-state index contributed by atoms with van der Waals surface area (Å²) in [5.41, 5.74) is 3.33. The molecule has 1 aliphatic carbocycles. The lowest BCUT2D eigenvalue weighted by molar-refractivity contribution is -0.114. The van der Waals surface area contributed by atoms with E-state index in [9.17, 15) is 4.79 Å². The molecule has 1 saturated heterocycles. The second-order valence-electron chi connectivity index (χ2n) is 5.67. The maximum atomic E-state index is 11.2. The third-order valence-electron chi connectivity index (χ3n) is 4.27. The Morgan fingerprint density at radius 3 is 2.83 bits per heavy atom. The number of nitrogens with zero attached hydrogens (tertiary/aromatic N) is 1. The maximum absolute atomic E-state index is 11.2. The van der Waals surface area contributed by atoms with Crippen molar-refractivity contribution >= 4 is 17.3 Å². The van der Waals surface area contributed by atoms with Crippen molar-refractivity contribution in [2.45, 2.75) is 39.2 Å². The molecule has 0 aromatic heterocycles. The molecule has 3 rings (SSSR count). The quantitative estimate of drug-likeness (QED) is 0.867. The molecule has 96 valence electrons. The smallest absolute Gasteiger partial charge is 0.221 e. The fraction of sp³-hybridized carbons (Fsp3) is 0.533. The molecule has 1 aromatic rings. The molecule has 2 fully saturated rings. The molecule has 18 heavy (non-hydrogen) atoms. The van der Waals surface area contributed by atoms with Gasteiger partial charge in [-0.1, -0.05) is 6.07 Å². The third-order valence-corrected chi connectivity index (χ3v) is 4.27. The molecular formula is C15H20N2O. The second-order valence-corrected chi connectivity index (χ2v) is 5.67. The Hall–Kier alpha value is -1.51. The van der Waals surface area contributed by atoms with Gasteiger partial charge in [0.15, 0.2) is 0 Å². The van der Waals surface area contributed by atoms with Gasteiger partial charge in [0.2, 0.25) is 5.91 Å². The van der Waals surface area contributed by atoms with Crippen LogP contribution in [0.15, 0.2) is 18.2 Å². The highest BCUT2D eigenvalue weighted by molar-refractivity contribution is 5.90. The lowest BCUT2D eigenvalue weighted by Gasteiger charge is -2.29. The lowest BCUT2D eigenvalue weighted by Crippen LogP contribution is -2.31. The Morgan fingerprint density at radius 1 is 1.39 bits per heavy atom. The summed E-state index contributed by atoms with van der Waals surface area (Å²) in [5, 5.41) is 2.92. The molecule has 3 nitrogen and oxygen atoms in total. The van der Waals surface area contributed by atoms with Crippen LogP contribution in [0.25, 0.3) is 0 Å². The largest absolute Gasteiger partial charge is 0.368 e. The lowest BCUT2D eigenvalue weighted by atomic mass is 10.1. The van der Waals surface area contributed by atoms with Gasteiger partial charge in [0.1, 0.15) is 0 Å².